The van der Waals surface area contributed by atoms with Crippen molar-refractivity contribution in [1.82, 2.24) is 9.55 Å². The molecule has 2 heterocycles. The average molecular weight is 244 g/mol. The molecule has 0 saturated heterocycles. The highest BCUT2D eigenvalue weighted by molar-refractivity contribution is 5.37. The number of fused-ring (bicyclic) bond motifs is 1. The van der Waals surface area contributed by atoms with Crippen LogP contribution in [0.4, 0.5) is 0 Å². The predicted octanol–water partition coefficient (Wildman–Crippen LogP) is 1.33. The molecule has 3 rings (SSSR count). The summed E-state index contributed by atoms with van der Waals surface area (Å²) < 4.78 is 7.69. The van der Waals surface area contributed by atoms with Gasteiger partial charge in [-0.1, -0.05) is 18.2 Å². The highest BCUT2D eigenvalue weighted by Crippen LogP contribution is 2.30. The van der Waals surface area contributed by atoms with Crippen LogP contribution in [-0.4, -0.2) is 26.9 Å². The Morgan fingerprint density at radius 2 is 2.33 bits per heavy atom. The zero-order valence-electron chi connectivity index (χ0n) is 10.3. The fourth-order valence-electron chi connectivity index (χ4n) is 2.34. The summed E-state index contributed by atoms with van der Waals surface area (Å²) >= 11 is 0. The van der Waals surface area contributed by atoms with Crippen molar-refractivity contribution >= 4 is 0 Å². The van der Waals surface area contributed by atoms with Gasteiger partial charge in [0.15, 0.2) is 0 Å². The van der Waals surface area contributed by atoms with Gasteiger partial charge in [0.05, 0.1) is 6.10 Å². The molecule has 0 amide bonds. The van der Waals surface area contributed by atoms with Gasteiger partial charge in [0.25, 0.3) is 0 Å². The van der Waals surface area contributed by atoms with E-state index < -0.39 is 6.10 Å². The first-order valence-corrected chi connectivity index (χ1v) is 6.13. The molecule has 18 heavy (non-hydrogen) atoms. The zero-order chi connectivity index (χ0) is 12.5. The van der Waals surface area contributed by atoms with Crippen molar-refractivity contribution in [3.05, 3.63) is 48.0 Å². The highest BCUT2D eigenvalue weighted by Gasteiger charge is 2.29. The van der Waals surface area contributed by atoms with Gasteiger partial charge in [0, 0.05) is 32.3 Å². The number of hydrogen-bond donors (Lipinski definition) is 1. The molecule has 0 radical (unpaired) electrons. The van der Waals surface area contributed by atoms with E-state index in [1.807, 2.05) is 42.1 Å². The lowest BCUT2D eigenvalue weighted by atomic mass is 10.0. The van der Waals surface area contributed by atoms with Crippen LogP contribution in [-0.2, 0) is 19.9 Å². The highest BCUT2D eigenvalue weighted by atomic mass is 16.5. The fourth-order valence-corrected chi connectivity index (χ4v) is 2.34. The first-order valence-electron chi connectivity index (χ1n) is 6.13. The lowest BCUT2D eigenvalue weighted by Gasteiger charge is -2.17. The molecule has 0 bridgehead atoms. The third-order valence-corrected chi connectivity index (χ3v) is 3.41. The van der Waals surface area contributed by atoms with E-state index in [1.165, 1.54) is 5.56 Å². The molecule has 1 aromatic carbocycles. The largest absolute Gasteiger partial charge is 0.487 e. The first-order chi connectivity index (χ1) is 8.74. The van der Waals surface area contributed by atoms with Gasteiger partial charge in [-0.2, -0.15) is 0 Å². The van der Waals surface area contributed by atoms with Gasteiger partial charge in [-0.3, -0.25) is 0 Å². The Morgan fingerprint density at radius 1 is 1.50 bits per heavy atom. The van der Waals surface area contributed by atoms with Gasteiger partial charge in [-0.15, -0.1) is 0 Å². The van der Waals surface area contributed by atoms with Crippen LogP contribution in [0.15, 0.2) is 36.7 Å². The number of para-hydroxylation sites is 1. The monoisotopic (exact) mass is 244 g/mol. The van der Waals surface area contributed by atoms with Gasteiger partial charge >= 0.3 is 0 Å². The SMILES string of the molecule is Cn1ccnc1CC(O)C1Cc2ccccc2O1. The van der Waals surface area contributed by atoms with Crippen LogP contribution in [0, 0.1) is 0 Å². The Labute approximate surface area is 106 Å². The van der Waals surface area contributed by atoms with Crippen molar-refractivity contribution in [2.45, 2.75) is 25.0 Å². The van der Waals surface area contributed by atoms with Crippen molar-refractivity contribution in [1.29, 1.82) is 0 Å². The molecule has 1 aliphatic rings. The molecular formula is C14H16N2O2. The van der Waals surface area contributed by atoms with Crippen molar-refractivity contribution < 1.29 is 9.84 Å². The Balaban J connectivity index is 1.69. The summed E-state index contributed by atoms with van der Waals surface area (Å²) in [5.41, 5.74) is 1.17. The number of imidazole rings is 1. The minimum absolute atomic E-state index is 0.168. The predicted molar refractivity (Wildman–Crippen MR) is 67.5 cm³/mol. The summed E-state index contributed by atoms with van der Waals surface area (Å²) in [6.45, 7) is 0. The van der Waals surface area contributed by atoms with E-state index in [0.717, 1.165) is 18.0 Å². The summed E-state index contributed by atoms with van der Waals surface area (Å²) in [7, 11) is 1.93. The molecule has 2 aromatic rings. The zero-order valence-corrected chi connectivity index (χ0v) is 10.3. The molecule has 1 aromatic heterocycles. The van der Waals surface area contributed by atoms with Gasteiger partial charge in [-0.05, 0) is 11.6 Å². The summed E-state index contributed by atoms with van der Waals surface area (Å²) in [5, 5.41) is 10.2. The van der Waals surface area contributed by atoms with E-state index in [4.69, 9.17) is 4.74 Å². The summed E-state index contributed by atoms with van der Waals surface area (Å²) in [4.78, 5) is 4.22. The Kier molecular flexibility index (Phi) is 2.80. The number of aliphatic hydroxyl groups is 1. The average Bonchev–Trinajstić information content (AvgIpc) is 2.96. The van der Waals surface area contributed by atoms with E-state index in [0.29, 0.717) is 6.42 Å². The van der Waals surface area contributed by atoms with Crippen molar-refractivity contribution in [3.8, 4) is 5.75 Å². The second-order valence-electron chi connectivity index (χ2n) is 4.69. The van der Waals surface area contributed by atoms with E-state index in [9.17, 15) is 5.11 Å². The van der Waals surface area contributed by atoms with Crippen molar-refractivity contribution in [2.24, 2.45) is 7.05 Å². The van der Waals surface area contributed by atoms with Crippen LogP contribution in [0.3, 0.4) is 0 Å². The number of aromatic nitrogens is 2. The van der Waals surface area contributed by atoms with E-state index in [2.05, 4.69) is 4.98 Å². The lowest BCUT2D eigenvalue weighted by Crippen LogP contribution is -2.32. The fraction of sp³-hybridized carbons (Fsp3) is 0.357. The molecule has 0 aliphatic carbocycles. The van der Waals surface area contributed by atoms with Crippen LogP contribution in [0.25, 0.3) is 0 Å². The van der Waals surface area contributed by atoms with Gasteiger partial charge < -0.3 is 14.4 Å². The Morgan fingerprint density at radius 3 is 3.06 bits per heavy atom. The normalized spacial score (nSPS) is 19.3. The first kappa shape index (κ1) is 11.3. The molecule has 0 fully saturated rings. The molecule has 0 saturated carbocycles. The second-order valence-corrected chi connectivity index (χ2v) is 4.69. The molecule has 2 atom stereocenters. The van der Waals surface area contributed by atoms with Crippen LogP contribution >= 0.6 is 0 Å². The van der Waals surface area contributed by atoms with Gasteiger partial charge in [0.2, 0.25) is 0 Å². The van der Waals surface area contributed by atoms with Crippen LogP contribution in [0.5, 0.6) is 5.75 Å². The number of aliphatic hydroxyl groups excluding tert-OH is 1. The van der Waals surface area contributed by atoms with Crippen LogP contribution in [0.1, 0.15) is 11.4 Å². The maximum absolute atomic E-state index is 10.2. The Bertz CT molecular complexity index is 525. The molecule has 0 spiro atoms. The quantitative estimate of drug-likeness (QED) is 0.886. The number of rotatable bonds is 3. The van der Waals surface area contributed by atoms with Gasteiger partial charge in [0.1, 0.15) is 17.7 Å². The minimum atomic E-state index is -0.529. The van der Waals surface area contributed by atoms with Gasteiger partial charge in [-0.25, -0.2) is 4.98 Å². The lowest BCUT2D eigenvalue weighted by molar-refractivity contribution is 0.0485. The number of ether oxygens (including phenoxy) is 1. The maximum Gasteiger partial charge on any atom is 0.129 e. The second kappa shape index (κ2) is 4.46. The molecule has 1 N–H and O–H groups in total. The van der Waals surface area contributed by atoms with Crippen LogP contribution in [0.2, 0.25) is 0 Å². The standard InChI is InChI=1S/C14H16N2O2/c1-16-7-6-15-14(16)9-11(17)13-8-10-4-2-3-5-12(10)18-13/h2-7,11,13,17H,8-9H2,1H3. The number of benzene rings is 1. The van der Waals surface area contributed by atoms with E-state index in [-0.39, 0.29) is 6.10 Å². The van der Waals surface area contributed by atoms with E-state index in [1.54, 1.807) is 6.20 Å². The Hall–Kier alpha value is -1.81. The molecular weight excluding hydrogens is 228 g/mol. The molecule has 1 aliphatic heterocycles. The molecule has 4 nitrogen and oxygen atoms in total. The molecule has 4 heteroatoms. The summed E-state index contributed by atoms with van der Waals surface area (Å²) in [5.74, 6) is 1.77. The summed E-state index contributed by atoms with van der Waals surface area (Å²) in [6, 6.07) is 7.94. The smallest absolute Gasteiger partial charge is 0.129 e. The summed E-state index contributed by atoms with van der Waals surface area (Å²) in [6.07, 6.45) is 4.21. The topological polar surface area (TPSA) is 47.3 Å². The number of nitrogens with zero attached hydrogens (tertiary/aromatic N) is 2. The molecule has 2 unspecified atom stereocenters. The molecule has 94 valence electrons. The van der Waals surface area contributed by atoms with Crippen molar-refractivity contribution in [2.75, 3.05) is 0 Å². The maximum atomic E-state index is 10.2. The number of hydrogen-bond acceptors (Lipinski definition) is 3. The van der Waals surface area contributed by atoms with Crippen molar-refractivity contribution in [3.63, 3.8) is 0 Å². The van der Waals surface area contributed by atoms with Crippen LogP contribution < -0.4 is 4.74 Å². The number of aryl methyl sites for hydroxylation is 1. The van der Waals surface area contributed by atoms with E-state index >= 15 is 0 Å². The third kappa shape index (κ3) is 1.99. The minimum Gasteiger partial charge on any atom is -0.487 e. The third-order valence-electron chi connectivity index (χ3n) is 3.41.